The smallest absolute Gasteiger partial charge is 0.225 e. The third-order valence-corrected chi connectivity index (χ3v) is 2.17. The molecule has 84 valence electrons. The molecule has 2 N–H and O–H groups in total. The lowest BCUT2D eigenvalue weighted by Gasteiger charge is -2.26. The molecule has 0 aliphatic rings. The summed E-state index contributed by atoms with van der Waals surface area (Å²) in [4.78, 5) is 10.3. The van der Waals surface area contributed by atoms with E-state index in [1.807, 2.05) is 0 Å². The van der Waals surface area contributed by atoms with E-state index in [2.05, 4.69) is 35.6 Å². The zero-order valence-electron chi connectivity index (χ0n) is 9.69. The zero-order chi connectivity index (χ0) is 11.4. The first kappa shape index (κ1) is 11.6. The lowest BCUT2D eigenvalue weighted by molar-refractivity contribution is 0.397. The highest BCUT2D eigenvalue weighted by molar-refractivity contribution is 5.45. The number of rotatable bonds is 4. The highest BCUT2D eigenvalue weighted by atomic mass is 16.5. The van der Waals surface area contributed by atoms with Gasteiger partial charge in [0.25, 0.3) is 0 Å². The van der Waals surface area contributed by atoms with Gasteiger partial charge in [0.05, 0.1) is 7.11 Å². The summed E-state index contributed by atoms with van der Waals surface area (Å²) in [5.74, 6) is 1.54. The number of aromatic nitrogens is 2. The maximum atomic E-state index is 5.60. The van der Waals surface area contributed by atoms with E-state index in [1.54, 1.807) is 13.2 Å². The minimum Gasteiger partial charge on any atom is -0.481 e. The molecule has 0 aliphatic heterocycles. The molecule has 0 unspecified atom stereocenters. The number of anilines is 2. The second-order valence-electron chi connectivity index (χ2n) is 3.51. The molecule has 0 aliphatic carbocycles. The number of nitrogen functional groups attached to an aromatic ring is 1. The van der Waals surface area contributed by atoms with E-state index >= 15 is 0 Å². The first-order chi connectivity index (χ1) is 7.08. The van der Waals surface area contributed by atoms with E-state index in [9.17, 15) is 0 Å². The molecule has 0 atom stereocenters. The van der Waals surface area contributed by atoms with Gasteiger partial charge in [0.15, 0.2) is 0 Å². The van der Waals surface area contributed by atoms with Gasteiger partial charge in [-0.25, -0.2) is 0 Å². The van der Waals surface area contributed by atoms with Crippen LogP contribution in [-0.4, -0.2) is 29.7 Å². The number of nitrogens with two attached hydrogens (primary N) is 1. The highest BCUT2D eigenvalue weighted by Crippen LogP contribution is 2.19. The van der Waals surface area contributed by atoms with E-state index in [1.165, 1.54) is 0 Å². The van der Waals surface area contributed by atoms with Crippen molar-refractivity contribution in [1.29, 1.82) is 0 Å². The van der Waals surface area contributed by atoms with Crippen molar-refractivity contribution >= 4 is 11.8 Å². The van der Waals surface area contributed by atoms with Crippen LogP contribution in [-0.2, 0) is 0 Å². The molecule has 5 heteroatoms. The molecule has 0 amide bonds. The predicted molar refractivity (Wildman–Crippen MR) is 61.2 cm³/mol. The molecular formula is C10H18N4O. The first-order valence-corrected chi connectivity index (χ1v) is 5.03. The maximum Gasteiger partial charge on any atom is 0.225 e. The quantitative estimate of drug-likeness (QED) is 0.811. The van der Waals surface area contributed by atoms with Crippen molar-refractivity contribution in [2.45, 2.75) is 26.8 Å². The van der Waals surface area contributed by atoms with Gasteiger partial charge in [-0.3, -0.25) is 0 Å². The van der Waals surface area contributed by atoms with Gasteiger partial charge in [0.1, 0.15) is 5.82 Å². The lowest BCUT2D eigenvalue weighted by atomic mass is 10.3. The molecule has 1 aromatic rings. The first-order valence-electron chi connectivity index (χ1n) is 5.03. The Hall–Kier alpha value is -1.52. The normalized spacial score (nSPS) is 10.5. The molecule has 0 aromatic carbocycles. The van der Waals surface area contributed by atoms with Crippen LogP contribution in [0.5, 0.6) is 5.88 Å². The Kier molecular flexibility index (Phi) is 3.71. The average Bonchev–Trinajstić information content (AvgIpc) is 2.17. The van der Waals surface area contributed by atoms with Crippen molar-refractivity contribution < 1.29 is 4.74 Å². The third kappa shape index (κ3) is 2.71. The summed E-state index contributed by atoms with van der Waals surface area (Å²) in [6.07, 6.45) is 0. The van der Waals surface area contributed by atoms with Crippen LogP contribution < -0.4 is 15.4 Å². The van der Waals surface area contributed by atoms with Crippen LogP contribution in [0.15, 0.2) is 6.07 Å². The minimum absolute atomic E-state index is 0.239. The number of hydrogen-bond acceptors (Lipinski definition) is 5. The molecule has 15 heavy (non-hydrogen) atoms. The molecule has 1 heterocycles. The van der Waals surface area contributed by atoms with Gasteiger partial charge in [-0.05, 0) is 20.8 Å². The Morgan fingerprint density at radius 1 is 1.47 bits per heavy atom. The van der Waals surface area contributed by atoms with Crippen molar-refractivity contribution in [2.75, 3.05) is 24.3 Å². The van der Waals surface area contributed by atoms with Crippen LogP contribution >= 0.6 is 0 Å². The molecule has 5 nitrogen and oxygen atoms in total. The standard InChI is InChI=1S/C10H18N4O/c1-5-14(7(2)3)8-6-9(15-4)13-10(11)12-8/h6-7H,5H2,1-4H3,(H2,11,12,13). The fourth-order valence-electron chi connectivity index (χ4n) is 1.47. The summed E-state index contributed by atoms with van der Waals surface area (Å²) in [6, 6.07) is 2.16. The van der Waals surface area contributed by atoms with Crippen LogP contribution in [0.3, 0.4) is 0 Å². The highest BCUT2D eigenvalue weighted by Gasteiger charge is 2.12. The number of ether oxygens (including phenoxy) is 1. The lowest BCUT2D eigenvalue weighted by Crippen LogP contribution is -2.31. The van der Waals surface area contributed by atoms with Crippen LogP contribution in [0.2, 0.25) is 0 Å². The summed E-state index contributed by atoms with van der Waals surface area (Å²) >= 11 is 0. The SMILES string of the molecule is CCN(c1cc(OC)nc(N)n1)C(C)C. The minimum atomic E-state index is 0.239. The molecule has 0 saturated carbocycles. The summed E-state index contributed by atoms with van der Waals surface area (Å²) < 4.78 is 5.05. The monoisotopic (exact) mass is 210 g/mol. The predicted octanol–water partition coefficient (Wildman–Crippen LogP) is 1.30. The van der Waals surface area contributed by atoms with Crippen molar-refractivity contribution in [1.82, 2.24) is 9.97 Å². The fraction of sp³-hybridized carbons (Fsp3) is 0.600. The second kappa shape index (κ2) is 4.82. The van der Waals surface area contributed by atoms with E-state index in [4.69, 9.17) is 10.5 Å². The Balaban J connectivity index is 3.06. The second-order valence-corrected chi connectivity index (χ2v) is 3.51. The summed E-state index contributed by atoms with van der Waals surface area (Å²) in [5.41, 5.74) is 5.60. The van der Waals surface area contributed by atoms with Crippen LogP contribution in [0.4, 0.5) is 11.8 Å². The van der Waals surface area contributed by atoms with Crippen LogP contribution in [0.1, 0.15) is 20.8 Å². The van der Waals surface area contributed by atoms with Crippen LogP contribution in [0, 0.1) is 0 Å². The molecule has 0 fully saturated rings. The van der Waals surface area contributed by atoms with E-state index in [0.717, 1.165) is 12.4 Å². The summed E-state index contributed by atoms with van der Waals surface area (Å²) in [7, 11) is 1.57. The molecule has 0 saturated heterocycles. The van der Waals surface area contributed by atoms with E-state index in [0.29, 0.717) is 11.9 Å². The van der Waals surface area contributed by atoms with Crippen molar-refractivity contribution in [3.8, 4) is 5.88 Å². The van der Waals surface area contributed by atoms with Crippen molar-refractivity contribution in [2.24, 2.45) is 0 Å². The molecular weight excluding hydrogens is 192 g/mol. The van der Waals surface area contributed by atoms with Crippen LogP contribution in [0.25, 0.3) is 0 Å². The number of nitrogens with zero attached hydrogens (tertiary/aromatic N) is 3. The average molecular weight is 210 g/mol. The maximum absolute atomic E-state index is 5.60. The van der Waals surface area contributed by atoms with Gasteiger partial charge < -0.3 is 15.4 Å². The van der Waals surface area contributed by atoms with E-state index in [-0.39, 0.29) is 5.95 Å². The van der Waals surface area contributed by atoms with Gasteiger partial charge in [-0.1, -0.05) is 0 Å². The Morgan fingerprint density at radius 2 is 2.13 bits per heavy atom. The summed E-state index contributed by atoms with van der Waals surface area (Å²) in [6.45, 7) is 7.16. The Morgan fingerprint density at radius 3 is 2.60 bits per heavy atom. The van der Waals surface area contributed by atoms with Gasteiger partial charge in [-0.2, -0.15) is 9.97 Å². The van der Waals surface area contributed by atoms with Gasteiger partial charge in [0.2, 0.25) is 11.8 Å². The topological polar surface area (TPSA) is 64.3 Å². The number of hydrogen-bond donors (Lipinski definition) is 1. The fourth-order valence-corrected chi connectivity index (χ4v) is 1.47. The van der Waals surface area contributed by atoms with E-state index < -0.39 is 0 Å². The van der Waals surface area contributed by atoms with Gasteiger partial charge in [0, 0.05) is 18.7 Å². The molecule has 0 spiro atoms. The zero-order valence-corrected chi connectivity index (χ0v) is 9.69. The summed E-state index contributed by atoms with van der Waals surface area (Å²) in [5, 5.41) is 0. The van der Waals surface area contributed by atoms with Gasteiger partial charge >= 0.3 is 0 Å². The Labute approximate surface area is 90.3 Å². The molecule has 0 bridgehead atoms. The molecule has 0 radical (unpaired) electrons. The third-order valence-electron chi connectivity index (χ3n) is 2.17. The molecule has 1 aromatic heterocycles. The van der Waals surface area contributed by atoms with Crippen molar-refractivity contribution in [3.05, 3.63) is 6.07 Å². The molecule has 1 rings (SSSR count). The van der Waals surface area contributed by atoms with Gasteiger partial charge in [-0.15, -0.1) is 0 Å². The Bertz CT molecular complexity index is 327. The largest absolute Gasteiger partial charge is 0.481 e. The number of methoxy groups -OCH3 is 1. The van der Waals surface area contributed by atoms with Crippen molar-refractivity contribution in [3.63, 3.8) is 0 Å².